The van der Waals surface area contributed by atoms with Gasteiger partial charge in [-0.25, -0.2) is 12.8 Å². The van der Waals surface area contributed by atoms with E-state index in [1.807, 2.05) is 30.3 Å². The molecular formula is C19H20FNO4S. The van der Waals surface area contributed by atoms with Crippen LogP contribution in [-0.4, -0.2) is 31.8 Å². The van der Waals surface area contributed by atoms with Gasteiger partial charge in [-0.2, -0.15) is 4.31 Å². The number of carbonyl (C=O) groups excluding carboxylic acids is 1. The summed E-state index contributed by atoms with van der Waals surface area (Å²) in [5.41, 5.74) is 0.914. The number of piperidine rings is 1. The van der Waals surface area contributed by atoms with Crippen LogP contribution in [0.3, 0.4) is 0 Å². The van der Waals surface area contributed by atoms with Gasteiger partial charge in [-0.15, -0.1) is 0 Å². The molecule has 1 saturated heterocycles. The van der Waals surface area contributed by atoms with Gasteiger partial charge in [0.25, 0.3) is 0 Å². The number of nitrogens with zero attached hydrogens (tertiary/aromatic N) is 1. The third-order valence-corrected chi connectivity index (χ3v) is 6.38. The van der Waals surface area contributed by atoms with Gasteiger partial charge < -0.3 is 4.74 Å². The highest BCUT2D eigenvalue weighted by molar-refractivity contribution is 7.89. The van der Waals surface area contributed by atoms with Crippen LogP contribution < -0.4 is 0 Å². The Morgan fingerprint density at radius 3 is 2.27 bits per heavy atom. The van der Waals surface area contributed by atoms with E-state index >= 15 is 0 Å². The second kappa shape index (κ2) is 7.97. The molecule has 2 aromatic rings. The molecule has 0 radical (unpaired) electrons. The van der Waals surface area contributed by atoms with E-state index in [1.165, 1.54) is 16.4 Å². The summed E-state index contributed by atoms with van der Waals surface area (Å²) in [5.74, 6) is -1.09. The molecule has 2 aromatic carbocycles. The maximum atomic E-state index is 13.0. The van der Waals surface area contributed by atoms with E-state index in [9.17, 15) is 17.6 Å². The molecule has 7 heteroatoms. The van der Waals surface area contributed by atoms with Crippen molar-refractivity contribution in [3.05, 3.63) is 66.0 Å². The molecule has 0 N–H and O–H groups in total. The molecule has 0 atom stereocenters. The maximum Gasteiger partial charge on any atom is 0.309 e. The van der Waals surface area contributed by atoms with E-state index in [4.69, 9.17) is 4.74 Å². The van der Waals surface area contributed by atoms with Crippen molar-refractivity contribution < 1.29 is 22.3 Å². The summed E-state index contributed by atoms with van der Waals surface area (Å²) in [6.07, 6.45) is 0.822. The van der Waals surface area contributed by atoms with Crippen molar-refractivity contribution in [3.63, 3.8) is 0 Å². The smallest absolute Gasteiger partial charge is 0.309 e. The van der Waals surface area contributed by atoms with Crippen LogP contribution in [0.25, 0.3) is 0 Å². The Kier molecular flexibility index (Phi) is 5.68. The molecule has 1 heterocycles. The SMILES string of the molecule is O=C(OCc1ccccc1)C1CCN(S(=O)(=O)c2ccc(F)cc2)CC1. The van der Waals surface area contributed by atoms with Crippen LogP contribution in [0.15, 0.2) is 59.5 Å². The summed E-state index contributed by atoms with van der Waals surface area (Å²) in [5, 5.41) is 0. The second-order valence-electron chi connectivity index (χ2n) is 6.23. The number of hydrogen-bond donors (Lipinski definition) is 0. The van der Waals surface area contributed by atoms with Gasteiger partial charge in [0, 0.05) is 13.1 Å². The first-order valence-corrected chi connectivity index (χ1v) is 9.87. The van der Waals surface area contributed by atoms with E-state index in [0.29, 0.717) is 12.8 Å². The average molecular weight is 377 g/mol. The zero-order chi connectivity index (χ0) is 18.6. The van der Waals surface area contributed by atoms with Crippen molar-refractivity contribution >= 4 is 16.0 Å². The first-order valence-electron chi connectivity index (χ1n) is 8.43. The number of hydrogen-bond acceptors (Lipinski definition) is 4. The monoisotopic (exact) mass is 377 g/mol. The van der Waals surface area contributed by atoms with Crippen LogP contribution in [0.1, 0.15) is 18.4 Å². The van der Waals surface area contributed by atoms with Crippen molar-refractivity contribution in [2.24, 2.45) is 5.92 Å². The molecule has 0 amide bonds. The zero-order valence-electron chi connectivity index (χ0n) is 14.2. The predicted octanol–water partition coefficient (Wildman–Crippen LogP) is 2.97. The fourth-order valence-corrected chi connectivity index (χ4v) is 4.40. The minimum Gasteiger partial charge on any atom is -0.461 e. The number of rotatable bonds is 5. The van der Waals surface area contributed by atoms with E-state index in [1.54, 1.807) is 0 Å². The number of esters is 1. The third kappa shape index (κ3) is 4.28. The third-order valence-electron chi connectivity index (χ3n) is 4.46. The highest BCUT2D eigenvalue weighted by Crippen LogP contribution is 2.25. The van der Waals surface area contributed by atoms with Crippen molar-refractivity contribution in [2.45, 2.75) is 24.3 Å². The van der Waals surface area contributed by atoms with Gasteiger partial charge in [0.1, 0.15) is 12.4 Å². The molecule has 26 heavy (non-hydrogen) atoms. The van der Waals surface area contributed by atoms with Gasteiger partial charge in [0.05, 0.1) is 10.8 Å². The highest BCUT2D eigenvalue weighted by atomic mass is 32.2. The van der Waals surface area contributed by atoms with E-state index in [0.717, 1.165) is 17.7 Å². The van der Waals surface area contributed by atoms with Crippen molar-refractivity contribution in [2.75, 3.05) is 13.1 Å². The number of sulfonamides is 1. The highest BCUT2D eigenvalue weighted by Gasteiger charge is 2.32. The molecule has 1 fully saturated rings. The van der Waals surface area contributed by atoms with Crippen LogP contribution >= 0.6 is 0 Å². The Labute approximate surface area is 152 Å². The number of carbonyl (C=O) groups is 1. The zero-order valence-corrected chi connectivity index (χ0v) is 15.0. The molecule has 0 spiro atoms. The lowest BCUT2D eigenvalue weighted by molar-refractivity contribution is -0.151. The molecule has 138 valence electrons. The van der Waals surface area contributed by atoms with Crippen LogP contribution in [0.5, 0.6) is 0 Å². The average Bonchev–Trinajstić information content (AvgIpc) is 2.67. The normalized spacial score (nSPS) is 16.3. The van der Waals surface area contributed by atoms with Crippen LogP contribution in [0.4, 0.5) is 4.39 Å². The van der Waals surface area contributed by atoms with Gasteiger partial charge in [-0.05, 0) is 42.7 Å². The largest absolute Gasteiger partial charge is 0.461 e. The Bertz CT molecular complexity index is 845. The molecule has 0 bridgehead atoms. The number of halogens is 1. The minimum atomic E-state index is -3.67. The summed E-state index contributed by atoms with van der Waals surface area (Å²) in [6.45, 7) is 0.698. The first-order chi connectivity index (χ1) is 12.5. The summed E-state index contributed by atoms with van der Waals surface area (Å²) in [7, 11) is -3.67. The van der Waals surface area contributed by atoms with Gasteiger partial charge in [0.15, 0.2) is 0 Å². The standard InChI is InChI=1S/C19H20FNO4S/c20-17-6-8-18(9-7-17)26(23,24)21-12-10-16(11-13-21)19(22)25-14-15-4-2-1-3-5-15/h1-9,16H,10-14H2. The molecule has 3 rings (SSSR count). The first kappa shape index (κ1) is 18.5. The molecule has 0 aromatic heterocycles. The van der Waals surface area contributed by atoms with Crippen molar-refractivity contribution in [1.82, 2.24) is 4.31 Å². The maximum absolute atomic E-state index is 13.0. The lowest BCUT2D eigenvalue weighted by Crippen LogP contribution is -2.40. The Morgan fingerprint density at radius 2 is 1.65 bits per heavy atom. The van der Waals surface area contributed by atoms with Crippen LogP contribution in [0.2, 0.25) is 0 Å². The molecule has 1 aliphatic heterocycles. The summed E-state index contributed by atoms with van der Waals surface area (Å²) >= 11 is 0. The number of benzene rings is 2. The Balaban J connectivity index is 1.55. The summed E-state index contributed by atoms with van der Waals surface area (Å²) in [6, 6.07) is 14.2. The molecule has 0 unspecified atom stereocenters. The molecule has 5 nitrogen and oxygen atoms in total. The Hall–Kier alpha value is -2.25. The molecule has 1 aliphatic rings. The number of ether oxygens (including phenoxy) is 1. The van der Waals surface area contributed by atoms with Crippen LogP contribution in [0, 0.1) is 11.7 Å². The van der Waals surface area contributed by atoms with Crippen molar-refractivity contribution in [1.29, 1.82) is 0 Å². The van der Waals surface area contributed by atoms with E-state index in [-0.39, 0.29) is 36.5 Å². The molecule has 0 saturated carbocycles. The van der Waals surface area contributed by atoms with E-state index < -0.39 is 15.8 Å². The second-order valence-corrected chi connectivity index (χ2v) is 8.16. The van der Waals surface area contributed by atoms with Crippen molar-refractivity contribution in [3.8, 4) is 0 Å². The summed E-state index contributed by atoms with van der Waals surface area (Å²) < 4.78 is 44.8. The van der Waals surface area contributed by atoms with Gasteiger partial charge in [-0.1, -0.05) is 30.3 Å². The fraction of sp³-hybridized carbons (Fsp3) is 0.316. The Morgan fingerprint density at radius 1 is 1.04 bits per heavy atom. The fourth-order valence-electron chi connectivity index (χ4n) is 2.93. The van der Waals surface area contributed by atoms with E-state index in [2.05, 4.69) is 0 Å². The van der Waals surface area contributed by atoms with Gasteiger partial charge in [0.2, 0.25) is 10.0 Å². The lowest BCUT2D eigenvalue weighted by atomic mass is 9.98. The van der Waals surface area contributed by atoms with Crippen LogP contribution in [-0.2, 0) is 26.2 Å². The quantitative estimate of drug-likeness (QED) is 0.752. The minimum absolute atomic E-state index is 0.0593. The predicted molar refractivity (Wildman–Crippen MR) is 94.1 cm³/mol. The van der Waals surface area contributed by atoms with Gasteiger partial charge >= 0.3 is 5.97 Å². The molecular weight excluding hydrogens is 357 g/mol. The summed E-state index contributed by atoms with van der Waals surface area (Å²) in [4.78, 5) is 12.3. The molecule has 0 aliphatic carbocycles. The van der Waals surface area contributed by atoms with Gasteiger partial charge in [-0.3, -0.25) is 4.79 Å². The topological polar surface area (TPSA) is 63.7 Å². The lowest BCUT2D eigenvalue weighted by Gasteiger charge is -2.30.